The van der Waals surface area contributed by atoms with E-state index in [1.807, 2.05) is 6.92 Å². The van der Waals surface area contributed by atoms with Crippen LogP contribution in [0.25, 0.3) is 10.9 Å². The van der Waals surface area contributed by atoms with E-state index in [0.717, 1.165) is 18.4 Å². The summed E-state index contributed by atoms with van der Waals surface area (Å²) in [4.78, 5) is 18.6. The van der Waals surface area contributed by atoms with E-state index < -0.39 is 5.60 Å². The number of aliphatic hydroxyl groups excluding tert-OH is 1. The number of hydrogen-bond donors (Lipinski definition) is 3. The monoisotopic (exact) mass is 371 g/mol. The number of likely N-dealkylation sites (N-methyl/N-ethyl adjacent to an activating group) is 1. The van der Waals surface area contributed by atoms with Gasteiger partial charge in [0.05, 0.1) is 18.6 Å². The first-order chi connectivity index (χ1) is 13.0. The van der Waals surface area contributed by atoms with Gasteiger partial charge in [-0.3, -0.25) is 9.69 Å². The summed E-state index contributed by atoms with van der Waals surface area (Å²) in [6, 6.07) is 6.30. The maximum absolute atomic E-state index is 12.9. The van der Waals surface area contributed by atoms with Gasteiger partial charge in [0.15, 0.2) is 0 Å². The zero-order valence-electron chi connectivity index (χ0n) is 16.3. The van der Waals surface area contributed by atoms with Crippen LogP contribution in [0.3, 0.4) is 0 Å². The number of piperidine rings is 1. The van der Waals surface area contributed by atoms with Crippen LogP contribution in [0.4, 0.5) is 0 Å². The van der Waals surface area contributed by atoms with E-state index in [4.69, 9.17) is 4.74 Å². The first kappa shape index (κ1) is 18.5. The van der Waals surface area contributed by atoms with E-state index in [1.165, 1.54) is 16.5 Å². The molecule has 1 aliphatic carbocycles. The number of amides is 1. The Bertz CT molecular complexity index is 844. The van der Waals surface area contributed by atoms with Crippen molar-refractivity contribution in [3.8, 4) is 0 Å². The van der Waals surface area contributed by atoms with Crippen LogP contribution in [0.15, 0.2) is 24.4 Å². The van der Waals surface area contributed by atoms with E-state index in [-0.39, 0.29) is 30.5 Å². The predicted molar refractivity (Wildman–Crippen MR) is 105 cm³/mol. The lowest BCUT2D eigenvalue weighted by Crippen LogP contribution is -2.61. The van der Waals surface area contributed by atoms with Crippen molar-refractivity contribution in [2.45, 2.75) is 43.9 Å². The number of aromatic amines is 1. The third-order valence-corrected chi connectivity index (χ3v) is 6.58. The summed E-state index contributed by atoms with van der Waals surface area (Å²) in [5, 5.41) is 13.7. The molecule has 1 amide bonds. The molecule has 0 spiro atoms. The van der Waals surface area contributed by atoms with Crippen LogP contribution >= 0.6 is 0 Å². The molecule has 3 unspecified atom stereocenters. The van der Waals surface area contributed by atoms with Gasteiger partial charge in [0.2, 0.25) is 5.91 Å². The highest BCUT2D eigenvalue weighted by Gasteiger charge is 2.52. The van der Waals surface area contributed by atoms with Crippen molar-refractivity contribution in [1.29, 1.82) is 0 Å². The minimum Gasteiger partial charge on any atom is -0.394 e. The van der Waals surface area contributed by atoms with Crippen LogP contribution in [0, 0.1) is 5.92 Å². The van der Waals surface area contributed by atoms with Crippen LogP contribution in [-0.4, -0.2) is 60.3 Å². The van der Waals surface area contributed by atoms with E-state index in [2.05, 4.69) is 46.6 Å². The molecule has 1 fully saturated rings. The Morgan fingerprint density at radius 1 is 1.52 bits per heavy atom. The first-order valence-electron chi connectivity index (χ1n) is 9.80. The van der Waals surface area contributed by atoms with Crippen LogP contribution in [0.2, 0.25) is 0 Å². The normalized spacial score (nSPS) is 28.7. The van der Waals surface area contributed by atoms with E-state index in [0.29, 0.717) is 13.0 Å². The molecule has 2 aliphatic rings. The largest absolute Gasteiger partial charge is 0.394 e. The summed E-state index contributed by atoms with van der Waals surface area (Å²) in [5.41, 5.74) is 3.11. The van der Waals surface area contributed by atoms with Gasteiger partial charge in [-0.25, -0.2) is 0 Å². The van der Waals surface area contributed by atoms with E-state index in [1.54, 1.807) is 7.11 Å². The van der Waals surface area contributed by atoms with Gasteiger partial charge in [0.1, 0.15) is 5.60 Å². The number of benzene rings is 1. The number of rotatable bonds is 5. The quantitative estimate of drug-likeness (QED) is 0.749. The Kier molecular flexibility index (Phi) is 4.74. The molecule has 2 heterocycles. The molecule has 1 saturated heterocycles. The van der Waals surface area contributed by atoms with Crippen LogP contribution < -0.4 is 5.32 Å². The number of nitrogens with one attached hydrogen (secondary N) is 2. The summed E-state index contributed by atoms with van der Waals surface area (Å²) in [6.45, 7) is 2.63. The maximum atomic E-state index is 12.9. The Labute approximate surface area is 159 Å². The van der Waals surface area contributed by atoms with Gasteiger partial charge >= 0.3 is 0 Å². The van der Waals surface area contributed by atoms with Gasteiger partial charge < -0.3 is 20.1 Å². The standard InChI is InChI=1S/C21H29N3O3/c1-4-15(12-25)23-20(26)14-9-21(27-3)16-6-5-7-17-19(16)13(10-22-17)8-18(21)24(2)11-14/h5-7,10,14-15,18,22,25H,4,8-9,11-12H2,1-3H3,(H,23,26)/t14?,15?,18?,21-/m0/s1. The Balaban J connectivity index is 1.72. The summed E-state index contributed by atoms with van der Waals surface area (Å²) in [7, 11) is 3.85. The molecular weight excluding hydrogens is 342 g/mol. The minimum atomic E-state index is -0.509. The highest BCUT2D eigenvalue weighted by atomic mass is 16.5. The molecule has 1 aromatic carbocycles. The third kappa shape index (κ3) is 2.78. The van der Waals surface area contributed by atoms with E-state index in [9.17, 15) is 9.90 Å². The lowest BCUT2D eigenvalue weighted by atomic mass is 9.68. The molecule has 1 aliphatic heterocycles. The number of ether oxygens (including phenoxy) is 1. The second kappa shape index (κ2) is 6.93. The number of aromatic nitrogens is 1. The number of carbonyl (C=O) groups is 1. The molecule has 4 atom stereocenters. The molecule has 6 nitrogen and oxygen atoms in total. The SMILES string of the molecule is CCC(CO)NC(=O)C1CN(C)C2Cc3c[nH]c4cccc(c34)[C@@]2(OC)C1. The molecule has 2 aromatic rings. The topological polar surface area (TPSA) is 77.6 Å². The predicted octanol–water partition coefficient (Wildman–Crippen LogP) is 1.77. The zero-order chi connectivity index (χ0) is 19.2. The van der Waals surface area contributed by atoms with Crippen molar-refractivity contribution in [3.63, 3.8) is 0 Å². The molecule has 0 bridgehead atoms. The van der Waals surface area contributed by atoms with Gasteiger partial charge in [-0.15, -0.1) is 0 Å². The summed E-state index contributed by atoms with van der Waals surface area (Å²) in [6.07, 6.45) is 4.38. The molecule has 4 rings (SSSR count). The molecule has 3 N–H and O–H groups in total. The molecule has 0 radical (unpaired) electrons. The van der Waals surface area contributed by atoms with Crippen molar-refractivity contribution in [3.05, 3.63) is 35.5 Å². The number of aliphatic hydroxyl groups is 1. The molecule has 1 aromatic heterocycles. The number of nitrogens with zero attached hydrogens (tertiary/aromatic N) is 1. The van der Waals surface area contributed by atoms with Gasteiger partial charge in [0, 0.05) is 36.8 Å². The molecule has 6 heteroatoms. The highest BCUT2D eigenvalue weighted by molar-refractivity contribution is 5.89. The Hall–Kier alpha value is -1.89. The van der Waals surface area contributed by atoms with Crippen LogP contribution in [0.5, 0.6) is 0 Å². The number of likely N-dealkylation sites (tertiary alicyclic amines) is 1. The van der Waals surface area contributed by atoms with Gasteiger partial charge in [-0.1, -0.05) is 19.1 Å². The van der Waals surface area contributed by atoms with Crippen LogP contribution in [-0.2, 0) is 21.6 Å². The highest BCUT2D eigenvalue weighted by Crippen LogP contribution is 2.49. The zero-order valence-corrected chi connectivity index (χ0v) is 16.3. The van der Waals surface area contributed by atoms with Gasteiger partial charge in [-0.2, -0.15) is 0 Å². The molecule has 146 valence electrons. The lowest BCUT2D eigenvalue weighted by Gasteiger charge is -2.52. The lowest BCUT2D eigenvalue weighted by molar-refractivity contribution is -0.148. The van der Waals surface area contributed by atoms with Crippen molar-refractivity contribution in [2.75, 3.05) is 27.3 Å². The second-order valence-corrected chi connectivity index (χ2v) is 7.99. The maximum Gasteiger partial charge on any atom is 0.224 e. The third-order valence-electron chi connectivity index (χ3n) is 6.58. The number of H-pyrrole nitrogens is 1. The van der Waals surface area contributed by atoms with Crippen molar-refractivity contribution >= 4 is 16.8 Å². The Morgan fingerprint density at radius 2 is 2.33 bits per heavy atom. The van der Waals surface area contributed by atoms with Crippen molar-refractivity contribution in [2.24, 2.45) is 5.92 Å². The molecule has 27 heavy (non-hydrogen) atoms. The average Bonchev–Trinajstić information content (AvgIpc) is 3.11. The van der Waals surface area contributed by atoms with Gasteiger partial charge in [-0.05, 0) is 43.5 Å². The summed E-state index contributed by atoms with van der Waals surface area (Å²) < 4.78 is 6.22. The average molecular weight is 371 g/mol. The second-order valence-electron chi connectivity index (χ2n) is 7.99. The minimum absolute atomic E-state index is 0.00432. The van der Waals surface area contributed by atoms with E-state index >= 15 is 0 Å². The number of carbonyl (C=O) groups excluding carboxylic acids is 1. The van der Waals surface area contributed by atoms with Gasteiger partial charge in [0.25, 0.3) is 0 Å². The smallest absolute Gasteiger partial charge is 0.224 e. The number of hydrogen-bond acceptors (Lipinski definition) is 4. The fourth-order valence-electron chi connectivity index (χ4n) is 5.09. The summed E-state index contributed by atoms with van der Waals surface area (Å²) in [5.74, 6) is -0.174. The van der Waals surface area contributed by atoms with Crippen LogP contribution in [0.1, 0.15) is 30.9 Å². The number of methoxy groups -OCH3 is 1. The molecule has 0 saturated carbocycles. The first-order valence-corrected chi connectivity index (χ1v) is 9.80. The Morgan fingerprint density at radius 3 is 3.04 bits per heavy atom. The fourth-order valence-corrected chi connectivity index (χ4v) is 5.09. The summed E-state index contributed by atoms with van der Waals surface area (Å²) >= 11 is 0. The molecular formula is C21H29N3O3. The van der Waals surface area contributed by atoms with Crippen molar-refractivity contribution < 1.29 is 14.6 Å². The fraction of sp³-hybridized carbons (Fsp3) is 0.571. The van der Waals surface area contributed by atoms with Crippen molar-refractivity contribution in [1.82, 2.24) is 15.2 Å². The number of fused-ring (bicyclic) bond motifs is 2.